The summed E-state index contributed by atoms with van der Waals surface area (Å²) in [5, 5.41) is 0. The van der Waals surface area contributed by atoms with Crippen LogP contribution >= 0.6 is 0 Å². The highest BCUT2D eigenvalue weighted by Crippen LogP contribution is 1.99. The third kappa shape index (κ3) is 10.6. The summed E-state index contributed by atoms with van der Waals surface area (Å²) in [6, 6.07) is 9.60. The van der Waals surface area contributed by atoms with Crippen molar-refractivity contribution in [3.8, 4) is 0 Å². The lowest BCUT2D eigenvalue weighted by Gasteiger charge is -1.99. The monoisotopic (exact) mass is 209 g/mol. The molecule has 3 nitrogen and oxygen atoms in total. The average Bonchev–Trinajstić information content (AvgIpc) is 2.15. The lowest BCUT2D eigenvalue weighted by atomic mass is 10.2. The molecular weight excluding hydrogens is 190 g/mol. The van der Waals surface area contributed by atoms with Crippen LogP contribution in [0.4, 0.5) is 0 Å². The molecule has 15 heavy (non-hydrogen) atoms. The van der Waals surface area contributed by atoms with E-state index in [4.69, 9.17) is 4.74 Å². The molecule has 0 aliphatic rings. The minimum Gasteiger partial charge on any atom is -0.461 e. The van der Waals surface area contributed by atoms with Crippen LogP contribution in [0.25, 0.3) is 0 Å². The second-order valence-corrected chi connectivity index (χ2v) is 3.61. The van der Waals surface area contributed by atoms with Crippen molar-refractivity contribution in [1.29, 1.82) is 0 Å². The third-order valence-electron chi connectivity index (χ3n) is 1.28. The van der Waals surface area contributed by atoms with Crippen molar-refractivity contribution < 1.29 is 9.53 Å². The molecule has 1 aromatic rings. The Kier molecular flexibility index (Phi) is 7.28. The van der Waals surface area contributed by atoms with Gasteiger partial charge in [-0.05, 0) is 26.7 Å². The van der Waals surface area contributed by atoms with Gasteiger partial charge < -0.3 is 9.64 Å². The molecule has 0 spiro atoms. The first-order valence-electron chi connectivity index (χ1n) is 4.80. The maximum absolute atomic E-state index is 10.4. The van der Waals surface area contributed by atoms with E-state index in [0.717, 1.165) is 5.56 Å². The summed E-state index contributed by atoms with van der Waals surface area (Å²) < 4.78 is 4.79. The summed E-state index contributed by atoms with van der Waals surface area (Å²) >= 11 is 0. The molecule has 0 amide bonds. The van der Waals surface area contributed by atoms with Gasteiger partial charge in [-0.1, -0.05) is 30.3 Å². The highest BCUT2D eigenvalue weighted by atomic mass is 16.5. The largest absolute Gasteiger partial charge is 0.461 e. The molecular formula is C12H19NO2. The maximum Gasteiger partial charge on any atom is 0.302 e. The smallest absolute Gasteiger partial charge is 0.302 e. The van der Waals surface area contributed by atoms with Gasteiger partial charge in [0, 0.05) is 6.92 Å². The van der Waals surface area contributed by atoms with Crippen LogP contribution in [0, 0.1) is 0 Å². The summed E-state index contributed by atoms with van der Waals surface area (Å²) in [5.74, 6) is -0.242. The van der Waals surface area contributed by atoms with E-state index >= 15 is 0 Å². The molecule has 1 aromatic carbocycles. The summed E-state index contributed by atoms with van der Waals surface area (Å²) in [5.41, 5.74) is 1.02. The molecule has 0 saturated heterocycles. The Hall–Kier alpha value is -1.35. The van der Waals surface area contributed by atoms with Crippen LogP contribution in [-0.2, 0) is 16.1 Å². The lowest BCUT2D eigenvalue weighted by Crippen LogP contribution is -1.99. The van der Waals surface area contributed by atoms with Crippen LogP contribution in [-0.4, -0.2) is 32.0 Å². The molecule has 0 bridgehead atoms. The van der Waals surface area contributed by atoms with Gasteiger partial charge in [-0.25, -0.2) is 0 Å². The number of esters is 1. The first-order chi connectivity index (χ1) is 7.02. The van der Waals surface area contributed by atoms with Crippen molar-refractivity contribution in [3.05, 3.63) is 35.9 Å². The average molecular weight is 209 g/mol. The Balaban J connectivity index is 0.000000423. The van der Waals surface area contributed by atoms with Gasteiger partial charge in [0.1, 0.15) is 6.61 Å². The fourth-order valence-electron chi connectivity index (χ4n) is 0.759. The summed E-state index contributed by atoms with van der Waals surface area (Å²) in [6.45, 7) is 1.78. The standard InChI is InChI=1S/C9H10O2.C3H9N/c1-8(10)11-7-9-5-3-2-4-6-9;1-4(2)3/h2-6H,7H2,1H3;1-3H3. The Bertz CT molecular complexity index is 267. The molecule has 0 fully saturated rings. The van der Waals surface area contributed by atoms with Crippen molar-refractivity contribution in [3.63, 3.8) is 0 Å². The van der Waals surface area contributed by atoms with E-state index in [2.05, 4.69) is 0 Å². The minimum absolute atomic E-state index is 0.242. The molecule has 3 heteroatoms. The Morgan fingerprint density at radius 3 is 2.07 bits per heavy atom. The number of hydrogen-bond acceptors (Lipinski definition) is 3. The fraction of sp³-hybridized carbons (Fsp3) is 0.417. The van der Waals surface area contributed by atoms with Crippen LogP contribution in [0.5, 0.6) is 0 Å². The Labute approximate surface area is 91.7 Å². The fourth-order valence-corrected chi connectivity index (χ4v) is 0.759. The van der Waals surface area contributed by atoms with Gasteiger partial charge in [-0.15, -0.1) is 0 Å². The highest BCUT2D eigenvalue weighted by molar-refractivity contribution is 5.65. The molecule has 1 rings (SSSR count). The second-order valence-electron chi connectivity index (χ2n) is 3.61. The van der Waals surface area contributed by atoms with Crippen molar-refractivity contribution in [1.82, 2.24) is 4.90 Å². The SMILES string of the molecule is CC(=O)OCc1ccccc1.CN(C)C. The van der Waals surface area contributed by atoms with Crippen molar-refractivity contribution in [2.45, 2.75) is 13.5 Å². The maximum atomic E-state index is 10.4. The van der Waals surface area contributed by atoms with E-state index in [1.165, 1.54) is 6.92 Å². The molecule has 0 saturated carbocycles. The van der Waals surface area contributed by atoms with Gasteiger partial charge in [-0.2, -0.15) is 0 Å². The van der Waals surface area contributed by atoms with Gasteiger partial charge in [-0.3, -0.25) is 4.79 Å². The number of ether oxygens (including phenoxy) is 1. The second kappa shape index (κ2) is 8.00. The molecule has 0 aliphatic heterocycles. The molecule has 0 heterocycles. The zero-order valence-electron chi connectivity index (χ0n) is 9.86. The van der Waals surface area contributed by atoms with Crippen LogP contribution in [0.2, 0.25) is 0 Å². The molecule has 0 aromatic heterocycles. The van der Waals surface area contributed by atoms with Gasteiger partial charge in [0.25, 0.3) is 0 Å². The third-order valence-corrected chi connectivity index (χ3v) is 1.28. The van der Waals surface area contributed by atoms with Gasteiger partial charge in [0.05, 0.1) is 0 Å². The zero-order valence-corrected chi connectivity index (χ0v) is 9.86. The molecule has 0 N–H and O–H groups in total. The normalized spacial score (nSPS) is 9.13. The van der Waals surface area contributed by atoms with Crippen LogP contribution in [0.1, 0.15) is 12.5 Å². The van der Waals surface area contributed by atoms with Gasteiger partial charge in [0.2, 0.25) is 0 Å². The first kappa shape index (κ1) is 13.7. The van der Waals surface area contributed by atoms with E-state index in [0.29, 0.717) is 6.61 Å². The number of hydrogen-bond donors (Lipinski definition) is 0. The molecule has 84 valence electrons. The van der Waals surface area contributed by atoms with Crippen molar-refractivity contribution in [2.24, 2.45) is 0 Å². The zero-order chi connectivity index (χ0) is 11.7. The minimum atomic E-state index is -0.242. The molecule has 0 atom stereocenters. The Morgan fingerprint density at radius 1 is 1.20 bits per heavy atom. The lowest BCUT2D eigenvalue weighted by molar-refractivity contribution is -0.142. The summed E-state index contributed by atoms with van der Waals surface area (Å²) in [4.78, 5) is 12.4. The first-order valence-corrected chi connectivity index (χ1v) is 4.80. The van der Waals surface area contributed by atoms with Gasteiger partial charge >= 0.3 is 5.97 Å². The number of benzene rings is 1. The van der Waals surface area contributed by atoms with E-state index in [-0.39, 0.29) is 5.97 Å². The number of carbonyl (C=O) groups excluding carboxylic acids is 1. The summed E-state index contributed by atoms with van der Waals surface area (Å²) in [7, 11) is 6.00. The van der Waals surface area contributed by atoms with Crippen LogP contribution in [0.15, 0.2) is 30.3 Å². The topological polar surface area (TPSA) is 29.5 Å². The van der Waals surface area contributed by atoms with E-state index < -0.39 is 0 Å². The van der Waals surface area contributed by atoms with Crippen LogP contribution in [0.3, 0.4) is 0 Å². The molecule has 0 radical (unpaired) electrons. The number of carbonyl (C=O) groups is 1. The van der Waals surface area contributed by atoms with E-state index in [9.17, 15) is 4.79 Å². The molecule has 0 unspecified atom stereocenters. The molecule has 0 aliphatic carbocycles. The Morgan fingerprint density at radius 2 is 1.67 bits per heavy atom. The van der Waals surface area contributed by atoms with Crippen molar-refractivity contribution in [2.75, 3.05) is 21.1 Å². The highest BCUT2D eigenvalue weighted by Gasteiger charge is 1.93. The van der Waals surface area contributed by atoms with E-state index in [1.807, 2.05) is 56.4 Å². The summed E-state index contributed by atoms with van der Waals surface area (Å²) in [6.07, 6.45) is 0. The predicted octanol–water partition coefficient (Wildman–Crippen LogP) is 1.93. The number of rotatable bonds is 2. The number of nitrogens with zero attached hydrogens (tertiary/aromatic N) is 1. The predicted molar refractivity (Wildman–Crippen MR) is 61.5 cm³/mol. The van der Waals surface area contributed by atoms with Crippen molar-refractivity contribution >= 4 is 5.97 Å². The quantitative estimate of drug-likeness (QED) is 0.697. The van der Waals surface area contributed by atoms with Gasteiger partial charge in [0.15, 0.2) is 0 Å². The van der Waals surface area contributed by atoms with E-state index in [1.54, 1.807) is 0 Å². The van der Waals surface area contributed by atoms with Crippen LogP contribution < -0.4 is 0 Å².